The maximum absolute atomic E-state index is 13.1. The first kappa shape index (κ1) is 20.8. The number of imidazole rings is 1. The lowest BCUT2D eigenvalue weighted by atomic mass is 10.2. The number of rotatable bonds is 5. The quantitative estimate of drug-likeness (QED) is 0.744. The van der Waals surface area contributed by atoms with E-state index in [1.165, 1.54) is 0 Å². The number of aromatic nitrogens is 2. The van der Waals surface area contributed by atoms with Crippen LogP contribution in [-0.4, -0.2) is 65.6 Å². The molecule has 160 valence electrons. The summed E-state index contributed by atoms with van der Waals surface area (Å²) in [4.78, 5) is 7.57. The number of morpholine rings is 1. The molecule has 3 heterocycles. The van der Waals surface area contributed by atoms with E-state index in [1.807, 2.05) is 6.07 Å². The van der Waals surface area contributed by atoms with Crippen LogP contribution in [0.4, 0.5) is 0 Å². The van der Waals surface area contributed by atoms with E-state index in [0.717, 1.165) is 62.3 Å². The van der Waals surface area contributed by atoms with Crippen molar-refractivity contribution < 1.29 is 13.2 Å². The Morgan fingerprint density at radius 2 is 1.79 bits per heavy atom. The van der Waals surface area contributed by atoms with Gasteiger partial charge in [-0.15, -0.1) is 0 Å². The Bertz CT molecular complexity index is 956. The number of sulfonamides is 1. The fourth-order valence-corrected chi connectivity index (χ4v) is 6.20. The first-order chi connectivity index (χ1) is 13.9. The second-order valence-electron chi connectivity index (χ2n) is 8.34. The second kappa shape index (κ2) is 8.34. The van der Waals surface area contributed by atoms with Crippen LogP contribution in [0.5, 0.6) is 0 Å². The fraction of sp³-hybridized carbons (Fsp3) is 0.667. The minimum absolute atomic E-state index is 0.208. The van der Waals surface area contributed by atoms with Gasteiger partial charge in [-0.05, 0) is 51.8 Å². The van der Waals surface area contributed by atoms with Crippen molar-refractivity contribution in [2.75, 3.05) is 26.2 Å². The van der Waals surface area contributed by atoms with Gasteiger partial charge in [-0.1, -0.05) is 6.42 Å². The molecule has 0 saturated carbocycles. The largest absolute Gasteiger partial charge is 0.373 e. The SMILES string of the molecule is CCn1c(CN2C[C@H](C)O[C@@H](C)C2)nc2cc(S(=O)(=O)N3CCCCC3)ccc21. The molecule has 2 aliphatic heterocycles. The standard InChI is InChI=1S/C21H32N4O3S/c1-4-25-20-9-8-18(29(26,27)24-10-6-5-7-11-24)12-19(20)22-21(25)15-23-13-16(2)28-17(3)14-23/h8-9,12,16-17H,4-7,10-11,13-15H2,1-3H3/t16-,17-/m0/s1. The zero-order valence-electron chi connectivity index (χ0n) is 17.7. The molecule has 7 nitrogen and oxygen atoms in total. The average molecular weight is 421 g/mol. The summed E-state index contributed by atoms with van der Waals surface area (Å²) in [7, 11) is -3.45. The van der Waals surface area contributed by atoms with Crippen LogP contribution < -0.4 is 0 Å². The molecule has 0 radical (unpaired) electrons. The first-order valence-electron chi connectivity index (χ1n) is 10.8. The molecule has 0 spiro atoms. The molecular weight excluding hydrogens is 388 g/mol. The van der Waals surface area contributed by atoms with Gasteiger partial charge in [-0.2, -0.15) is 4.31 Å². The van der Waals surface area contributed by atoms with E-state index in [9.17, 15) is 8.42 Å². The Hall–Kier alpha value is -1.48. The lowest BCUT2D eigenvalue weighted by Crippen LogP contribution is -2.45. The molecule has 0 N–H and O–H groups in total. The van der Waals surface area contributed by atoms with Crippen molar-refractivity contribution in [3.8, 4) is 0 Å². The number of piperidine rings is 1. The number of hydrogen-bond donors (Lipinski definition) is 0. The average Bonchev–Trinajstić information content (AvgIpc) is 3.03. The van der Waals surface area contributed by atoms with E-state index in [2.05, 4.69) is 30.2 Å². The maximum atomic E-state index is 13.1. The Labute approximate surface area is 173 Å². The van der Waals surface area contributed by atoms with Gasteiger partial charge in [-0.25, -0.2) is 13.4 Å². The summed E-state index contributed by atoms with van der Waals surface area (Å²) in [6, 6.07) is 5.40. The topological polar surface area (TPSA) is 67.7 Å². The lowest BCUT2D eigenvalue weighted by Gasteiger charge is -2.35. The van der Waals surface area contributed by atoms with E-state index in [1.54, 1.807) is 16.4 Å². The number of ether oxygens (including phenoxy) is 1. The smallest absolute Gasteiger partial charge is 0.243 e. The van der Waals surface area contributed by atoms with E-state index < -0.39 is 10.0 Å². The highest BCUT2D eigenvalue weighted by Gasteiger charge is 2.27. The van der Waals surface area contributed by atoms with Crippen LogP contribution in [0.25, 0.3) is 11.0 Å². The van der Waals surface area contributed by atoms with E-state index >= 15 is 0 Å². The van der Waals surface area contributed by atoms with Gasteiger partial charge in [-0.3, -0.25) is 4.90 Å². The van der Waals surface area contributed by atoms with Crippen LogP contribution in [-0.2, 0) is 27.8 Å². The van der Waals surface area contributed by atoms with E-state index in [0.29, 0.717) is 18.0 Å². The third-order valence-corrected chi connectivity index (χ3v) is 7.82. The van der Waals surface area contributed by atoms with Gasteiger partial charge in [0.1, 0.15) is 5.82 Å². The summed E-state index contributed by atoms with van der Waals surface area (Å²) in [5.41, 5.74) is 1.75. The van der Waals surface area contributed by atoms with Crippen molar-refractivity contribution in [2.45, 2.75) is 70.2 Å². The lowest BCUT2D eigenvalue weighted by molar-refractivity contribution is -0.0712. The van der Waals surface area contributed by atoms with Crippen molar-refractivity contribution in [1.82, 2.24) is 18.8 Å². The molecule has 0 aliphatic carbocycles. The molecule has 8 heteroatoms. The van der Waals surface area contributed by atoms with Gasteiger partial charge < -0.3 is 9.30 Å². The number of benzene rings is 1. The molecule has 1 aromatic carbocycles. The summed E-state index contributed by atoms with van der Waals surface area (Å²) in [6.45, 7) is 10.8. The molecule has 0 bridgehead atoms. The Morgan fingerprint density at radius 1 is 1.10 bits per heavy atom. The molecule has 1 aromatic heterocycles. The van der Waals surface area contributed by atoms with Crippen molar-refractivity contribution >= 4 is 21.1 Å². The van der Waals surface area contributed by atoms with Gasteiger partial charge in [0.05, 0.1) is 34.7 Å². The number of aryl methyl sites for hydroxylation is 1. The van der Waals surface area contributed by atoms with Crippen LogP contribution >= 0.6 is 0 Å². The van der Waals surface area contributed by atoms with Crippen molar-refractivity contribution in [3.05, 3.63) is 24.0 Å². The van der Waals surface area contributed by atoms with Crippen LogP contribution in [0.1, 0.15) is 45.9 Å². The van der Waals surface area contributed by atoms with E-state index in [-0.39, 0.29) is 12.2 Å². The number of fused-ring (bicyclic) bond motifs is 1. The highest BCUT2D eigenvalue weighted by molar-refractivity contribution is 7.89. The van der Waals surface area contributed by atoms with Crippen LogP contribution in [0, 0.1) is 0 Å². The van der Waals surface area contributed by atoms with Crippen molar-refractivity contribution in [3.63, 3.8) is 0 Å². The summed E-state index contributed by atoms with van der Waals surface area (Å²) in [5, 5.41) is 0. The molecule has 2 saturated heterocycles. The third kappa shape index (κ3) is 4.21. The normalized spacial score (nSPS) is 24.9. The van der Waals surface area contributed by atoms with Gasteiger partial charge >= 0.3 is 0 Å². The minimum atomic E-state index is -3.45. The van der Waals surface area contributed by atoms with Crippen LogP contribution in [0.15, 0.2) is 23.1 Å². The molecule has 4 rings (SSSR count). The molecule has 2 aromatic rings. The molecule has 0 amide bonds. The minimum Gasteiger partial charge on any atom is -0.373 e. The second-order valence-corrected chi connectivity index (χ2v) is 10.3. The summed E-state index contributed by atoms with van der Waals surface area (Å²) in [6.07, 6.45) is 3.39. The van der Waals surface area contributed by atoms with Gasteiger partial charge in [0.2, 0.25) is 10.0 Å². The van der Waals surface area contributed by atoms with Crippen LogP contribution in [0.2, 0.25) is 0 Å². The van der Waals surface area contributed by atoms with Crippen molar-refractivity contribution in [1.29, 1.82) is 0 Å². The van der Waals surface area contributed by atoms with Gasteiger partial charge in [0.25, 0.3) is 0 Å². The Balaban J connectivity index is 1.64. The summed E-state index contributed by atoms with van der Waals surface area (Å²) < 4.78 is 35.7. The Kier molecular flexibility index (Phi) is 5.97. The zero-order valence-corrected chi connectivity index (χ0v) is 18.5. The highest BCUT2D eigenvalue weighted by Crippen LogP contribution is 2.26. The molecule has 2 fully saturated rings. The first-order valence-corrected chi connectivity index (χ1v) is 12.2. The molecule has 2 aliphatic rings. The zero-order chi connectivity index (χ0) is 20.6. The predicted octanol–water partition coefficient (Wildman–Crippen LogP) is 2.84. The number of nitrogens with zero attached hydrogens (tertiary/aromatic N) is 4. The fourth-order valence-electron chi connectivity index (χ4n) is 4.66. The van der Waals surface area contributed by atoms with Gasteiger partial charge in [0, 0.05) is 32.7 Å². The monoisotopic (exact) mass is 420 g/mol. The molecule has 0 unspecified atom stereocenters. The molecule has 29 heavy (non-hydrogen) atoms. The molecule has 2 atom stereocenters. The predicted molar refractivity (Wildman–Crippen MR) is 113 cm³/mol. The summed E-state index contributed by atoms with van der Waals surface area (Å²) >= 11 is 0. The van der Waals surface area contributed by atoms with E-state index in [4.69, 9.17) is 9.72 Å². The third-order valence-electron chi connectivity index (χ3n) is 5.93. The Morgan fingerprint density at radius 3 is 2.45 bits per heavy atom. The maximum Gasteiger partial charge on any atom is 0.243 e. The summed E-state index contributed by atoms with van der Waals surface area (Å²) in [5.74, 6) is 0.983. The number of hydrogen-bond acceptors (Lipinski definition) is 5. The molecular formula is C21H32N4O3S. The van der Waals surface area contributed by atoms with Crippen molar-refractivity contribution in [2.24, 2.45) is 0 Å². The highest BCUT2D eigenvalue weighted by atomic mass is 32.2. The van der Waals surface area contributed by atoms with Gasteiger partial charge in [0.15, 0.2) is 0 Å². The van der Waals surface area contributed by atoms with Crippen LogP contribution in [0.3, 0.4) is 0 Å².